The highest BCUT2D eigenvalue weighted by molar-refractivity contribution is 7.10. The van der Waals surface area contributed by atoms with Crippen LogP contribution in [0.3, 0.4) is 0 Å². The fourth-order valence-corrected chi connectivity index (χ4v) is 3.42. The molecule has 3 N–H and O–H groups in total. The first-order valence-corrected chi connectivity index (χ1v) is 7.94. The summed E-state index contributed by atoms with van der Waals surface area (Å²) in [5, 5.41) is 12.6. The molecule has 2 nitrogen and oxygen atoms in total. The second-order valence-corrected chi connectivity index (χ2v) is 6.52. The normalized spacial score (nSPS) is 14.5. The molecule has 2 unspecified atom stereocenters. The van der Waals surface area contributed by atoms with Crippen molar-refractivity contribution < 1.29 is 5.11 Å². The van der Waals surface area contributed by atoms with Crippen LogP contribution in [0.4, 0.5) is 0 Å². The summed E-state index contributed by atoms with van der Waals surface area (Å²) in [6, 6.07) is 10.5. The van der Waals surface area contributed by atoms with Gasteiger partial charge in [-0.15, -0.1) is 11.3 Å². The Kier molecular flexibility index (Phi) is 4.97. The predicted molar refractivity (Wildman–Crippen MR) is 86.3 cm³/mol. The Hall–Kier alpha value is -1.16. The fraction of sp³-hybridized carbons (Fsp3) is 0.412. The molecule has 2 aromatic rings. The molecule has 0 saturated carbocycles. The standard InChI is InChI=1S/C17H23NOS/c1-11(2)13-4-6-14(7-5-13)15(10-18)16(19)17-12(3)8-9-20-17/h4-9,11,15-16,19H,10,18H2,1-3H3. The van der Waals surface area contributed by atoms with E-state index >= 15 is 0 Å². The van der Waals surface area contributed by atoms with E-state index in [0.29, 0.717) is 12.5 Å². The van der Waals surface area contributed by atoms with Crippen molar-refractivity contribution in [3.05, 3.63) is 57.3 Å². The third-order valence-corrected chi connectivity index (χ3v) is 4.93. The fourth-order valence-electron chi connectivity index (χ4n) is 2.45. The molecule has 1 heterocycles. The number of aliphatic hydroxyl groups excluding tert-OH is 1. The maximum absolute atomic E-state index is 10.6. The van der Waals surface area contributed by atoms with Crippen LogP contribution in [0.5, 0.6) is 0 Å². The second kappa shape index (κ2) is 6.53. The molecule has 0 spiro atoms. The van der Waals surface area contributed by atoms with Crippen LogP contribution in [-0.4, -0.2) is 11.7 Å². The third-order valence-electron chi connectivity index (χ3n) is 3.84. The van der Waals surface area contributed by atoms with Crippen molar-refractivity contribution in [3.8, 4) is 0 Å². The van der Waals surface area contributed by atoms with Crippen molar-refractivity contribution in [2.45, 2.75) is 38.7 Å². The zero-order valence-corrected chi connectivity index (χ0v) is 13.2. The van der Waals surface area contributed by atoms with Crippen molar-refractivity contribution in [2.24, 2.45) is 5.73 Å². The average molecular weight is 289 g/mol. The molecule has 2 rings (SSSR count). The summed E-state index contributed by atoms with van der Waals surface area (Å²) in [5.74, 6) is 0.471. The van der Waals surface area contributed by atoms with Gasteiger partial charge in [0.15, 0.2) is 0 Å². The van der Waals surface area contributed by atoms with Crippen LogP contribution >= 0.6 is 11.3 Å². The van der Waals surface area contributed by atoms with E-state index in [9.17, 15) is 5.11 Å². The van der Waals surface area contributed by atoms with E-state index in [1.807, 2.05) is 18.4 Å². The quantitative estimate of drug-likeness (QED) is 0.875. The average Bonchev–Trinajstić information content (AvgIpc) is 2.86. The summed E-state index contributed by atoms with van der Waals surface area (Å²) < 4.78 is 0. The van der Waals surface area contributed by atoms with Crippen LogP contribution in [0.15, 0.2) is 35.7 Å². The van der Waals surface area contributed by atoms with E-state index in [0.717, 1.165) is 16.0 Å². The number of aliphatic hydroxyl groups is 1. The van der Waals surface area contributed by atoms with Gasteiger partial charge in [-0.2, -0.15) is 0 Å². The van der Waals surface area contributed by atoms with Crippen LogP contribution in [0, 0.1) is 6.92 Å². The largest absolute Gasteiger partial charge is 0.387 e. The Bertz CT molecular complexity index is 544. The molecule has 0 aliphatic carbocycles. The van der Waals surface area contributed by atoms with Crippen LogP contribution in [0.2, 0.25) is 0 Å². The maximum Gasteiger partial charge on any atom is 0.0964 e. The lowest BCUT2D eigenvalue weighted by Crippen LogP contribution is -2.20. The summed E-state index contributed by atoms with van der Waals surface area (Å²) in [6.07, 6.45) is -0.523. The van der Waals surface area contributed by atoms with Gasteiger partial charge in [0.1, 0.15) is 0 Å². The molecule has 0 radical (unpaired) electrons. The monoisotopic (exact) mass is 289 g/mol. The highest BCUT2D eigenvalue weighted by atomic mass is 32.1. The summed E-state index contributed by atoms with van der Waals surface area (Å²) >= 11 is 1.60. The minimum atomic E-state index is -0.523. The molecule has 3 heteroatoms. The molecule has 0 bridgehead atoms. The number of benzene rings is 1. The van der Waals surface area contributed by atoms with Gasteiger partial charge in [-0.1, -0.05) is 38.1 Å². The lowest BCUT2D eigenvalue weighted by molar-refractivity contribution is 0.150. The molecule has 108 valence electrons. The Balaban J connectivity index is 2.26. The number of nitrogens with two attached hydrogens (primary N) is 1. The van der Waals surface area contributed by atoms with Crippen molar-refractivity contribution in [1.82, 2.24) is 0 Å². The van der Waals surface area contributed by atoms with E-state index in [4.69, 9.17) is 5.73 Å². The van der Waals surface area contributed by atoms with Gasteiger partial charge in [0.25, 0.3) is 0 Å². The van der Waals surface area contributed by atoms with Gasteiger partial charge in [0, 0.05) is 17.3 Å². The summed E-state index contributed by atoms with van der Waals surface area (Å²) in [7, 11) is 0. The molecule has 0 fully saturated rings. The number of rotatable bonds is 5. The van der Waals surface area contributed by atoms with Crippen LogP contribution < -0.4 is 5.73 Å². The summed E-state index contributed by atoms with van der Waals surface area (Å²) in [5.41, 5.74) is 9.46. The number of aryl methyl sites for hydroxylation is 1. The van der Waals surface area contributed by atoms with Crippen LogP contribution in [-0.2, 0) is 0 Å². The Morgan fingerprint density at radius 1 is 1.10 bits per heavy atom. The predicted octanol–water partition coefficient (Wildman–Crippen LogP) is 3.96. The molecule has 20 heavy (non-hydrogen) atoms. The number of hydrogen-bond acceptors (Lipinski definition) is 3. The molecule has 0 amide bonds. The minimum absolute atomic E-state index is 0.0476. The number of thiophene rings is 1. The molecule has 0 aliphatic heterocycles. The zero-order chi connectivity index (χ0) is 14.7. The topological polar surface area (TPSA) is 46.2 Å². The molecule has 2 atom stereocenters. The van der Waals surface area contributed by atoms with Gasteiger partial charge < -0.3 is 10.8 Å². The van der Waals surface area contributed by atoms with Gasteiger partial charge in [-0.25, -0.2) is 0 Å². The van der Waals surface area contributed by atoms with Crippen molar-refractivity contribution >= 4 is 11.3 Å². The Labute approximate surface area is 125 Å². The van der Waals surface area contributed by atoms with Crippen molar-refractivity contribution in [2.75, 3.05) is 6.54 Å². The zero-order valence-electron chi connectivity index (χ0n) is 12.3. The SMILES string of the molecule is Cc1ccsc1C(O)C(CN)c1ccc(C(C)C)cc1. The third kappa shape index (κ3) is 3.11. The van der Waals surface area contributed by atoms with Gasteiger partial charge in [-0.3, -0.25) is 0 Å². The molecular formula is C17H23NOS. The Morgan fingerprint density at radius 2 is 1.70 bits per heavy atom. The molecule has 0 aliphatic rings. The highest BCUT2D eigenvalue weighted by Crippen LogP contribution is 2.35. The van der Waals surface area contributed by atoms with Gasteiger partial charge in [0.05, 0.1) is 6.10 Å². The molecule has 1 aromatic carbocycles. The minimum Gasteiger partial charge on any atom is -0.387 e. The number of hydrogen-bond donors (Lipinski definition) is 2. The first-order valence-electron chi connectivity index (χ1n) is 7.06. The van der Waals surface area contributed by atoms with Crippen LogP contribution in [0.25, 0.3) is 0 Å². The molecule has 0 saturated heterocycles. The Morgan fingerprint density at radius 3 is 2.15 bits per heavy atom. The highest BCUT2D eigenvalue weighted by Gasteiger charge is 2.23. The lowest BCUT2D eigenvalue weighted by Gasteiger charge is -2.22. The first-order chi connectivity index (χ1) is 9.54. The molecule has 1 aromatic heterocycles. The molecular weight excluding hydrogens is 266 g/mol. The van der Waals surface area contributed by atoms with Gasteiger partial charge >= 0.3 is 0 Å². The van der Waals surface area contributed by atoms with E-state index in [2.05, 4.69) is 38.1 Å². The summed E-state index contributed by atoms with van der Waals surface area (Å²) in [4.78, 5) is 1.02. The van der Waals surface area contributed by atoms with Gasteiger partial charge in [0.2, 0.25) is 0 Å². The van der Waals surface area contributed by atoms with E-state index in [1.165, 1.54) is 5.56 Å². The smallest absolute Gasteiger partial charge is 0.0964 e. The van der Waals surface area contributed by atoms with Crippen LogP contribution in [0.1, 0.15) is 53.4 Å². The first kappa shape index (κ1) is 15.2. The van der Waals surface area contributed by atoms with E-state index < -0.39 is 6.10 Å². The van der Waals surface area contributed by atoms with E-state index in [-0.39, 0.29) is 5.92 Å². The lowest BCUT2D eigenvalue weighted by atomic mass is 9.90. The van der Waals surface area contributed by atoms with Gasteiger partial charge in [-0.05, 0) is 41.0 Å². The van der Waals surface area contributed by atoms with E-state index in [1.54, 1.807) is 11.3 Å². The summed E-state index contributed by atoms with van der Waals surface area (Å²) in [6.45, 7) is 6.84. The van der Waals surface area contributed by atoms with Crippen molar-refractivity contribution in [1.29, 1.82) is 0 Å². The second-order valence-electron chi connectivity index (χ2n) is 5.58. The maximum atomic E-state index is 10.6. The van der Waals surface area contributed by atoms with Crippen molar-refractivity contribution in [3.63, 3.8) is 0 Å².